The number of aryl methyl sites for hydroxylation is 1. The first-order chi connectivity index (χ1) is 15.6. The Kier molecular flexibility index (Phi) is 6.35. The van der Waals surface area contributed by atoms with Crippen molar-refractivity contribution in [2.75, 3.05) is 14.2 Å². The molecule has 2 N–H and O–H groups in total. The van der Waals surface area contributed by atoms with Crippen LogP contribution in [0.5, 0.6) is 17.2 Å². The molecular formula is C25H25N3O4. The predicted molar refractivity (Wildman–Crippen MR) is 120 cm³/mol. The van der Waals surface area contributed by atoms with Gasteiger partial charge in [-0.1, -0.05) is 6.07 Å². The summed E-state index contributed by atoms with van der Waals surface area (Å²) in [6.45, 7) is 0. The van der Waals surface area contributed by atoms with Gasteiger partial charge in [-0.15, -0.1) is 0 Å². The Bertz CT molecular complexity index is 1130. The standard InChI is InChI=1S/C25H25N3O4/c1-26-25(30)23-15-22(11-12-27-23)32-21-10-4-16-3-7-19(13-18(16)14-21)28-24(29)17-5-8-20(31-2)9-6-17/h4-6,8-12,14-15,19H,3,7,13H2,1-2H3,(H,26,30)(H,28,29). The van der Waals surface area contributed by atoms with Crippen LogP contribution in [0.2, 0.25) is 0 Å². The van der Waals surface area contributed by atoms with E-state index in [2.05, 4.69) is 21.7 Å². The van der Waals surface area contributed by atoms with Crippen molar-refractivity contribution in [1.82, 2.24) is 15.6 Å². The average molecular weight is 431 g/mol. The van der Waals surface area contributed by atoms with Crippen LogP contribution in [0.3, 0.4) is 0 Å². The molecule has 1 aliphatic rings. The summed E-state index contributed by atoms with van der Waals surface area (Å²) in [6, 6.07) is 16.4. The zero-order valence-electron chi connectivity index (χ0n) is 18.1. The third-order valence-corrected chi connectivity index (χ3v) is 5.52. The van der Waals surface area contributed by atoms with E-state index in [1.54, 1.807) is 56.8 Å². The second kappa shape index (κ2) is 9.51. The molecule has 0 saturated carbocycles. The summed E-state index contributed by atoms with van der Waals surface area (Å²) in [7, 11) is 3.16. The fraction of sp³-hybridized carbons (Fsp3) is 0.240. The number of hydrogen-bond acceptors (Lipinski definition) is 5. The largest absolute Gasteiger partial charge is 0.497 e. The lowest BCUT2D eigenvalue weighted by Crippen LogP contribution is -2.38. The molecule has 1 atom stereocenters. The second-order valence-electron chi connectivity index (χ2n) is 7.63. The molecule has 0 spiro atoms. The maximum Gasteiger partial charge on any atom is 0.269 e. The van der Waals surface area contributed by atoms with Crippen LogP contribution in [0.15, 0.2) is 60.8 Å². The molecule has 0 saturated heterocycles. The first-order valence-corrected chi connectivity index (χ1v) is 10.5. The van der Waals surface area contributed by atoms with Gasteiger partial charge in [-0.25, -0.2) is 0 Å². The summed E-state index contributed by atoms with van der Waals surface area (Å²) >= 11 is 0. The second-order valence-corrected chi connectivity index (χ2v) is 7.63. The van der Waals surface area contributed by atoms with Gasteiger partial charge in [0, 0.05) is 30.9 Å². The van der Waals surface area contributed by atoms with E-state index in [1.165, 1.54) is 5.56 Å². The van der Waals surface area contributed by atoms with Gasteiger partial charge < -0.3 is 20.1 Å². The van der Waals surface area contributed by atoms with Gasteiger partial charge in [-0.2, -0.15) is 0 Å². The molecular weight excluding hydrogens is 406 g/mol. The fourth-order valence-corrected chi connectivity index (χ4v) is 3.79. The number of methoxy groups -OCH3 is 1. The number of hydrogen-bond donors (Lipinski definition) is 2. The number of carbonyl (C=O) groups is 2. The lowest BCUT2D eigenvalue weighted by atomic mass is 9.88. The molecule has 1 heterocycles. The molecule has 0 aliphatic heterocycles. The minimum absolute atomic E-state index is 0.0492. The van der Waals surface area contributed by atoms with E-state index in [-0.39, 0.29) is 17.9 Å². The van der Waals surface area contributed by atoms with Gasteiger partial charge in [0.25, 0.3) is 11.8 Å². The Labute approximate surface area is 186 Å². The molecule has 164 valence electrons. The molecule has 2 aromatic carbocycles. The number of carbonyl (C=O) groups excluding carboxylic acids is 2. The molecule has 0 fully saturated rings. The summed E-state index contributed by atoms with van der Waals surface area (Å²) < 4.78 is 11.1. The van der Waals surface area contributed by atoms with Crippen LogP contribution in [0.25, 0.3) is 0 Å². The van der Waals surface area contributed by atoms with E-state index in [4.69, 9.17) is 9.47 Å². The molecule has 0 bridgehead atoms. The lowest BCUT2D eigenvalue weighted by Gasteiger charge is -2.26. The van der Waals surface area contributed by atoms with E-state index in [0.29, 0.717) is 22.8 Å². The normalized spacial score (nSPS) is 14.8. The summed E-state index contributed by atoms with van der Waals surface area (Å²) in [5.41, 5.74) is 3.31. The van der Waals surface area contributed by atoms with Crippen LogP contribution in [0.1, 0.15) is 38.4 Å². The van der Waals surface area contributed by atoms with E-state index >= 15 is 0 Å². The molecule has 32 heavy (non-hydrogen) atoms. The molecule has 2 amide bonds. The van der Waals surface area contributed by atoms with Gasteiger partial charge in [-0.3, -0.25) is 14.6 Å². The van der Waals surface area contributed by atoms with E-state index in [9.17, 15) is 9.59 Å². The minimum Gasteiger partial charge on any atom is -0.497 e. The number of pyridine rings is 1. The SMILES string of the molecule is CNC(=O)c1cc(Oc2ccc3c(c2)CC(NC(=O)c2ccc(OC)cc2)CC3)ccn1. The maximum absolute atomic E-state index is 12.6. The predicted octanol–water partition coefficient (Wildman–Crippen LogP) is 3.53. The Morgan fingerprint density at radius 1 is 0.938 bits per heavy atom. The molecule has 1 unspecified atom stereocenters. The Morgan fingerprint density at radius 2 is 1.69 bits per heavy atom. The number of nitrogens with one attached hydrogen (secondary N) is 2. The van der Waals surface area contributed by atoms with E-state index in [1.807, 2.05) is 12.1 Å². The average Bonchev–Trinajstić information content (AvgIpc) is 2.83. The summed E-state index contributed by atoms with van der Waals surface area (Å²) in [4.78, 5) is 28.5. The van der Waals surface area contributed by atoms with Crippen LogP contribution < -0.4 is 20.1 Å². The zero-order chi connectivity index (χ0) is 22.5. The van der Waals surface area contributed by atoms with Gasteiger partial charge in [0.05, 0.1) is 7.11 Å². The molecule has 1 aliphatic carbocycles. The highest BCUT2D eigenvalue weighted by molar-refractivity contribution is 5.94. The van der Waals surface area contributed by atoms with Crippen LogP contribution >= 0.6 is 0 Å². The molecule has 7 nitrogen and oxygen atoms in total. The highest BCUT2D eigenvalue weighted by Crippen LogP contribution is 2.29. The van der Waals surface area contributed by atoms with Crippen molar-refractivity contribution in [3.63, 3.8) is 0 Å². The van der Waals surface area contributed by atoms with Gasteiger partial charge >= 0.3 is 0 Å². The quantitative estimate of drug-likeness (QED) is 0.623. The van der Waals surface area contributed by atoms with Crippen molar-refractivity contribution in [3.8, 4) is 17.2 Å². The number of rotatable bonds is 6. The Hall–Kier alpha value is -3.87. The third-order valence-electron chi connectivity index (χ3n) is 5.52. The van der Waals surface area contributed by atoms with Crippen LogP contribution in [0.4, 0.5) is 0 Å². The first-order valence-electron chi connectivity index (χ1n) is 10.5. The number of nitrogens with zero attached hydrogens (tertiary/aromatic N) is 1. The van der Waals surface area contributed by atoms with Gasteiger partial charge in [0.15, 0.2) is 0 Å². The van der Waals surface area contributed by atoms with E-state index in [0.717, 1.165) is 30.6 Å². The number of ether oxygens (including phenoxy) is 2. The fourth-order valence-electron chi connectivity index (χ4n) is 3.79. The van der Waals surface area contributed by atoms with Crippen molar-refractivity contribution in [2.24, 2.45) is 0 Å². The summed E-state index contributed by atoms with van der Waals surface area (Å²) in [5, 5.41) is 5.69. The molecule has 0 radical (unpaired) electrons. The number of aromatic nitrogens is 1. The summed E-state index contributed by atoms with van der Waals surface area (Å²) in [6.07, 6.45) is 4.05. The number of benzene rings is 2. The Morgan fingerprint density at radius 3 is 2.44 bits per heavy atom. The number of amides is 2. The van der Waals surface area contributed by atoms with Crippen LogP contribution in [-0.4, -0.2) is 37.0 Å². The Balaban J connectivity index is 1.43. The minimum atomic E-state index is -0.267. The maximum atomic E-state index is 12.6. The van der Waals surface area contributed by atoms with Gasteiger partial charge in [0.1, 0.15) is 22.9 Å². The van der Waals surface area contributed by atoms with Crippen molar-refractivity contribution >= 4 is 11.8 Å². The zero-order valence-corrected chi connectivity index (χ0v) is 18.1. The van der Waals surface area contributed by atoms with E-state index < -0.39 is 0 Å². The van der Waals surface area contributed by atoms with Crippen LogP contribution in [0, 0.1) is 0 Å². The summed E-state index contributed by atoms with van der Waals surface area (Å²) in [5.74, 6) is 1.58. The highest BCUT2D eigenvalue weighted by atomic mass is 16.5. The molecule has 3 aromatic rings. The topological polar surface area (TPSA) is 89.6 Å². The van der Waals surface area contributed by atoms with Gasteiger partial charge in [0.2, 0.25) is 0 Å². The van der Waals surface area contributed by atoms with Crippen molar-refractivity contribution in [3.05, 3.63) is 83.2 Å². The van der Waals surface area contributed by atoms with Crippen LogP contribution in [-0.2, 0) is 12.8 Å². The first kappa shape index (κ1) is 21.4. The highest BCUT2D eigenvalue weighted by Gasteiger charge is 2.21. The third kappa shape index (κ3) is 4.88. The van der Waals surface area contributed by atoms with Gasteiger partial charge in [-0.05, 0) is 72.9 Å². The van der Waals surface area contributed by atoms with Crippen molar-refractivity contribution in [1.29, 1.82) is 0 Å². The lowest BCUT2D eigenvalue weighted by molar-refractivity contribution is 0.0931. The smallest absolute Gasteiger partial charge is 0.269 e. The molecule has 7 heteroatoms. The molecule has 1 aromatic heterocycles. The monoisotopic (exact) mass is 431 g/mol. The molecule has 4 rings (SSSR count). The number of fused-ring (bicyclic) bond motifs is 1. The van der Waals surface area contributed by atoms with Crippen molar-refractivity contribution in [2.45, 2.75) is 25.3 Å². The van der Waals surface area contributed by atoms with Crippen molar-refractivity contribution < 1.29 is 19.1 Å².